The van der Waals surface area contributed by atoms with Gasteiger partial charge in [0, 0.05) is 57.1 Å². The number of carbonyl (C=O) groups is 2. The summed E-state index contributed by atoms with van der Waals surface area (Å²) in [5, 5.41) is 4.08. The number of nitrogens with one attached hydrogen (secondary N) is 1. The first kappa shape index (κ1) is 27.4. The monoisotopic (exact) mass is 541 g/mol. The SMILES string of the molecule is O=C(N/N=C\c1ccc(OCC(=O)N2CCOCC2)cc1)c1ccc(CN2CCN(c3ccccc3)CC2)cc1. The Morgan fingerprint density at radius 3 is 2.25 bits per heavy atom. The van der Waals surface area contributed by atoms with Crippen LogP contribution in [0.1, 0.15) is 21.5 Å². The quantitative estimate of drug-likeness (QED) is 0.331. The number of anilines is 1. The van der Waals surface area contributed by atoms with Gasteiger partial charge < -0.3 is 19.3 Å². The zero-order chi connectivity index (χ0) is 27.6. The molecule has 0 radical (unpaired) electrons. The molecule has 0 saturated carbocycles. The van der Waals surface area contributed by atoms with Crippen molar-refractivity contribution in [3.05, 3.63) is 95.6 Å². The number of nitrogens with zero attached hydrogens (tertiary/aromatic N) is 4. The van der Waals surface area contributed by atoms with E-state index in [0.29, 0.717) is 37.6 Å². The Morgan fingerprint density at radius 1 is 0.850 bits per heavy atom. The fourth-order valence-corrected chi connectivity index (χ4v) is 4.75. The summed E-state index contributed by atoms with van der Waals surface area (Å²) in [6.07, 6.45) is 1.57. The topological polar surface area (TPSA) is 86.7 Å². The number of amides is 2. The molecular weight excluding hydrogens is 506 g/mol. The highest BCUT2D eigenvalue weighted by Crippen LogP contribution is 2.17. The van der Waals surface area contributed by atoms with Crippen molar-refractivity contribution in [1.82, 2.24) is 15.2 Å². The third-order valence-corrected chi connectivity index (χ3v) is 7.10. The van der Waals surface area contributed by atoms with Crippen molar-refractivity contribution in [1.29, 1.82) is 0 Å². The van der Waals surface area contributed by atoms with Crippen LogP contribution in [0.2, 0.25) is 0 Å². The second kappa shape index (κ2) is 13.7. The molecule has 3 aromatic carbocycles. The van der Waals surface area contributed by atoms with Gasteiger partial charge in [0.2, 0.25) is 0 Å². The molecule has 0 aromatic heterocycles. The van der Waals surface area contributed by atoms with Crippen LogP contribution in [0, 0.1) is 0 Å². The van der Waals surface area contributed by atoms with Gasteiger partial charge in [0.15, 0.2) is 6.61 Å². The van der Waals surface area contributed by atoms with E-state index in [0.717, 1.165) is 38.3 Å². The molecule has 2 amide bonds. The maximum Gasteiger partial charge on any atom is 0.271 e. The second-order valence-electron chi connectivity index (χ2n) is 9.85. The van der Waals surface area contributed by atoms with Crippen molar-refractivity contribution in [3.63, 3.8) is 0 Å². The Labute approximate surface area is 235 Å². The maximum absolute atomic E-state index is 12.5. The largest absolute Gasteiger partial charge is 0.484 e. The summed E-state index contributed by atoms with van der Waals surface area (Å²) in [6.45, 7) is 7.21. The first-order chi connectivity index (χ1) is 19.6. The Morgan fingerprint density at radius 2 is 1.55 bits per heavy atom. The van der Waals surface area contributed by atoms with E-state index in [1.54, 1.807) is 23.2 Å². The van der Waals surface area contributed by atoms with Crippen LogP contribution in [-0.4, -0.2) is 86.9 Å². The Kier molecular flexibility index (Phi) is 9.39. The van der Waals surface area contributed by atoms with Crippen LogP contribution in [-0.2, 0) is 16.1 Å². The summed E-state index contributed by atoms with van der Waals surface area (Å²) in [7, 11) is 0. The molecule has 1 N–H and O–H groups in total. The van der Waals surface area contributed by atoms with E-state index in [-0.39, 0.29) is 18.4 Å². The van der Waals surface area contributed by atoms with Gasteiger partial charge in [0.05, 0.1) is 19.4 Å². The predicted molar refractivity (Wildman–Crippen MR) is 155 cm³/mol. The lowest BCUT2D eigenvalue weighted by molar-refractivity contribution is -0.137. The first-order valence-electron chi connectivity index (χ1n) is 13.7. The minimum absolute atomic E-state index is 0.00677. The average molecular weight is 542 g/mol. The van der Waals surface area contributed by atoms with Crippen LogP contribution in [0.25, 0.3) is 0 Å². The molecule has 0 aliphatic carbocycles. The van der Waals surface area contributed by atoms with Crippen LogP contribution in [0.15, 0.2) is 84.0 Å². The Bertz CT molecular complexity index is 1270. The van der Waals surface area contributed by atoms with Crippen molar-refractivity contribution in [3.8, 4) is 5.75 Å². The molecule has 208 valence electrons. The van der Waals surface area contributed by atoms with Crippen LogP contribution in [0.3, 0.4) is 0 Å². The number of piperazine rings is 1. The predicted octanol–water partition coefficient (Wildman–Crippen LogP) is 3.01. The van der Waals surface area contributed by atoms with Gasteiger partial charge in [-0.2, -0.15) is 5.10 Å². The summed E-state index contributed by atoms with van der Waals surface area (Å²) in [5.41, 5.74) is 6.40. The second-order valence-corrected chi connectivity index (χ2v) is 9.85. The fourth-order valence-electron chi connectivity index (χ4n) is 4.75. The summed E-state index contributed by atoms with van der Waals surface area (Å²) in [5.74, 6) is 0.285. The molecule has 40 heavy (non-hydrogen) atoms. The summed E-state index contributed by atoms with van der Waals surface area (Å²) in [4.78, 5) is 31.3. The minimum atomic E-state index is -0.263. The highest BCUT2D eigenvalue weighted by molar-refractivity contribution is 5.94. The van der Waals surface area contributed by atoms with Crippen LogP contribution < -0.4 is 15.1 Å². The molecule has 2 heterocycles. The van der Waals surface area contributed by atoms with Gasteiger partial charge in [-0.1, -0.05) is 30.3 Å². The number of hydrogen-bond donors (Lipinski definition) is 1. The summed E-state index contributed by atoms with van der Waals surface area (Å²) < 4.78 is 10.9. The number of rotatable bonds is 9. The Balaban J connectivity index is 1.03. The molecule has 0 unspecified atom stereocenters. The number of morpholine rings is 1. The number of para-hydroxylation sites is 1. The van der Waals surface area contributed by atoms with Crippen molar-refractivity contribution >= 4 is 23.7 Å². The number of ether oxygens (including phenoxy) is 2. The normalized spacial score (nSPS) is 16.2. The van der Waals surface area contributed by atoms with E-state index in [9.17, 15) is 9.59 Å². The third-order valence-electron chi connectivity index (χ3n) is 7.10. The van der Waals surface area contributed by atoms with E-state index in [1.165, 1.54) is 11.3 Å². The third kappa shape index (κ3) is 7.68. The van der Waals surface area contributed by atoms with Gasteiger partial charge in [-0.3, -0.25) is 14.5 Å². The van der Waals surface area contributed by atoms with Crippen molar-refractivity contribution in [2.24, 2.45) is 5.10 Å². The molecule has 3 aromatic rings. The highest BCUT2D eigenvalue weighted by Gasteiger charge is 2.18. The minimum Gasteiger partial charge on any atom is -0.484 e. The standard InChI is InChI=1S/C31H35N5O4/c37-30(36-18-20-39-21-19-36)24-40-29-12-8-25(9-13-29)22-32-33-31(38)27-10-6-26(7-11-27)23-34-14-16-35(17-15-34)28-4-2-1-3-5-28/h1-13,22H,14-21,23-24H2,(H,33,38)/b32-22-. The lowest BCUT2D eigenvalue weighted by Gasteiger charge is -2.36. The zero-order valence-corrected chi connectivity index (χ0v) is 22.6. The van der Waals surface area contributed by atoms with Gasteiger partial charge in [0.1, 0.15) is 5.75 Å². The van der Waals surface area contributed by atoms with Crippen LogP contribution in [0.4, 0.5) is 5.69 Å². The number of benzene rings is 3. The summed E-state index contributed by atoms with van der Waals surface area (Å²) in [6, 6.07) is 25.4. The van der Waals surface area contributed by atoms with Crippen molar-refractivity contribution in [2.45, 2.75) is 6.54 Å². The van der Waals surface area contributed by atoms with Gasteiger partial charge in [-0.25, -0.2) is 5.43 Å². The molecule has 5 rings (SSSR count). The molecule has 0 bridgehead atoms. The smallest absolute Gasteiger partial charge is 0.271 e. The molecule has 9 heteroatoms. The van der Waals surface area contributed by atoms with Gasteiger partial charge >= 0.3 is 0 Å². The highest BCUT2D eigenvalue weighted by atomic mass is 16.5. The van der Waals surface area contributed by atoms with Gasteiger partial charge in [-0.15, -0.1) is 0 Å². The fraction of sp³-hybridized carbons (Fsp3) is 0.323. The molecule has 2 saturated heterocycles. The molecule has 0 spiro atoms. The molecule has 2 aliphatic rings. The van der Waals surface area contributed by atoms with Gasteiger partial charge in [0.25, 0.3) is 11.8 Å². The first-order valence-corrected chi connectivity index (χ1v) is 13.7. The van der Waals surface area contributed by atoms with E-state index < -0.39 is 0 Å². The van der Waals surface area contributed by atoms with Crippen molar-refractivity contribution in [2.75, 3.05) is 64.0 Å². The molecular formula is C31H35N5O4. The lowest BCUT2D eigenvalue weighted by atomic mass is 10.1. The molecule has 0 atom stereocenters. The van der Waals surface area contributed by atoms with E-state index in [2.05, 4.69) is 44.6 Å². The average Bonchev–Trinajstić information content (AvgIpc) is 3.02. The van der Waals surface area contributed by atoms with E-state index >= 15 is 0 Å². The van der Waals surface area contributed by atoms with E-state index in [1.807, 2.05) is 42.5 Å². The zero-order valence-electron chi connectivity index (χ0n) is 22.6. The number of hydrazone groups is 1. The summed E-state index contributed by atoms with van der Waals surface area (Å²) >= 11 is 0. The van der Waals surface area contributed by atoms with Gasteiger partial charge in [-0.05, 0) is 59.7 Å². The van der Waals surface area contributed by atoms with Crippen LogP contribution >= 0.6 is 0 Å². The number of carbonyl (C=O) groups excluding carboxylic acids is 2. The molecule has 2 aliphatic heterocycles. The molecule has 9 nitrogen and oxygen atoms in total. The molecule has 2 fully saturated rings. The van der Waals surface area contributed by atoms with E-state index in [4.69, 9.17) is 9.47 Å². The Hall–Kier alpha value is -4.21. The maximum atomic E-state index is 12.5. The van der Waals surface area contributed by atoms with Crippen LogP contribution in [0.5, 0.6) is 5.75 Å². The number of hydrogen-bond acceptors (Lipinski definition) is 7. The van der Waals surface area contributed by atoms with Crippen molar-refractivity contribution < 1.29 is 19.1 Å². The lowest BCUT2D eigenvalue weighted by Crippen LogP contribution is -2.45.